The zero-order chi connectivity index (χ0) is 21.8. The fourth-order valence-electron chi connectivity index (χ4n) is 4.12. The van der Waals surface area contributed by atoms with E-state index in [2.05, 4.69) is 14.9 Å². The van der Waals surface area contributed by atoms with Crippen LogP contribution in [0.5, 0.6) is 0 Å². The Morgan fingerprint density at radius 2 is 1.97 bits per heavy atom. The highest BCUT2D eigenvalue weighted by Gasteiger charge is 2.31. The minimum absolute atomic E-state index is 0.0875. The molecule has 6 nitrogen and oxygen atoms in total. The zero-order valence-electron chi connectivity index (χ0n) is 17.1. The Bertz CT molecular complexity index is 916. The lowest BCUT2D eigenvalue weighted by atomic mass is 9.94. The number of morpholine rings is 1. The minimum atomic E-state index is -4.40. The molecule has 1 aromatic heterocycles. The van der Waals surface area contributed by atoms with Crippen molar-refractivity contribution in [2.75, 3.05) is 45.9 Å². The molecule has 1 amide bonds. The molecule has 31 heavy (non-hydrogen) atoms. The molecule has 2 aliphatic rings. The average Bonchev–Trinajstić information content (AvgIpc) is 2.79. The second-order valence-electron chi connectivity index (χ2n) is 7.98. The lowest BCUT2D eigenvalue weighted by Gasteiger charge is -2.34. The van der Waals surface area contributed by atoms with E-state index >= 15 is 0 Å². The van der Waals surface area contributed by atoms with Crippen LogP contribution in [0.3, 0.4) is 0 Å². The quantitative estimate of drug-likeness (QED) is 0.740. The van der Waals surface area contributed by atoms with E-state index in [0.29, 0.717) is 50.7 Å². The highest BCUT2D eigenvalue weighted by Crippen LogP contribution is 2.32. The molecule has 0 bridgehead atoms. The number of carbonyl (C=O) groups is 1. The third-order valence-corrected chi connectivity index (χ3v) is 5.79. The first kappa shape index (κ1) is 21.7. The number of ether oxygens (including phenoxy) is 1. The highest BCUT2D eigenvalue weighted by molar-refractivity contribution is 5.78. The van der Waals surface area contributed by atoms with Crippen LogP contribution in [-0.2, 0) is 15.7 Å². The molecule has 0 unspecified atom stereocenters. The molecule has 0 N–H and O–H groups in total. The third kappa shape index (κ3) is 5.40. The summed E-state index contributed by atoms with van der Waals surface area (Å²) >= 11 is 0. The van der Waals surface area contributed by atoms with Gasteiger partial charge in [0.1, 0.15) is 0 Å². The summed E-state index contributed by atoms with van der Waals surface area (Å²) in [5.41, 5.74) is 0.852. The van der Waals surface area contributed by atoms with Gasteiger partial charge in [0.2, 0.25) is 5.91 Å². The fraction of sp³-hybridized carbons (Fsp3) is 0.500. The highest BCUT2D eigenvalue weighted by atomic mass is 19.4. The Morgan fingerprint density at radius 1 is 1.16 bits per heavy atom. The van der Waals surface area contributed by atoms with Crippen molar-refractivity contribution in [3.05, 3.63) is 47.9 Å². The van der Waals surface area contributed by atoms with Crippen LogP contribution in [0.15, 0.2) is 36.7 Å². The van der Waals surface area contributed by atoms with Crippen LogP contribution in [0.25, 0.3) is 11.3 Å². The van der Waals surface area contributed by atoms with E-state index in [1.54, 1.807) is 12.3 Å². The van der Waals surface area contributed by atoms with Gasteiger partial charge in [-0.05, 0) is 31.5 Å². The van der Waals surface area contributed by atoms with Crippen LogP contribution in [0.2, 0.25) is 0 Å². The summed E-state index contributed by atoms with van der Waals surface area (Å²) in [6.07, 6.45) is 0.591. The summed E-state index contributed by atoms with van der Waals surface area (Å²) in [6.45, 7) is 4.28. The lowest BCUT2D eigenvalue weighted by molar-refractivity contribution is -0.138. The van der Waals surface area contributed by atoms with Crippen LogP contribution in [-0.4, -0.2) is 71.6 Å². The number of rotatable bonds is 4. The van der Waals surface area contributed by atoms with Gasteiger partial charge in [0.15, 0.2) is 0 Å². The van der Waals surface area contributed by atoms with E-state index < -0.39 is 11.7 Å². The molecule has 0 spiro atoms. The standard InChI is InChI=1S/C22H25F3N4O2/c23-22(24,25)18-5-1-3-16(11-18)19-12-26-13-20(27-19)17-4-2-6-28(14-17)15-21(30)29-7-9-31-10-8-29/h1,3,5,11-13,17H,2,4,6-10,14-15H2/t17-/m0/s1. The maximum Gasteiger partial charge on any atom is 0.416 e. The second kappa shape index (κ2) is 9.32. The van der Waals surface area contributed by atoms with Crippen LogP contribution >= 0.6 is 0 Å². The molecule has 3 heterocycles. The van der Waals surface area contributed by atoms with Crippen LogP contribution in [0.1, 0.15) is 30.0 Å². The van der Waals surface area contributed by atoms with Crippen molar-refractivity contribution in [1.29, 1.82) is 0 Å². The molecule has 0 radical (unpaired) electrons. The molecule has 4 rings (SSSR count). The predicted octanol–water partition coefficient (Wildman–Crippen LogP) is 3.20. The number of carbonyl (C=O) groups excluding carboxylic acids is 1. The largest absolute Gasteiger partial charge is 0.416 e. The van der Waals surface area contributed by atoms with E-state index in [9.17, 15) is 18.0 Å². The number of hydrogen-bond acceptors (Lipinski definition) is 5. The number of halogens is 3. The molecule has 166 valence electrons. The Hall–Kier alpha value is -2.52. The van der Waals surface area contributed by atoms with Crippen LogP contribution < -0.4 is 0 Å². The van der Waals surface area contributed by atoms with Gasteiger partial charge in [0, 0.05) is 37.3 Å². The average molecular weight is 434 g/mol. The summed E-state index contributed by atoms with van der Waals surface area (Å²) in [5.74, 6) is 0.192. The van der Waals surface area contributed by atoms with Crippen molar-refractivity contribution in [2.24, 2.45) is 0 Å². The van der Waals surface area contributed by atoms with Crippen molar-refractivity contribution in [1.82, 2.24) is 19.8 Å². The maximum absolute atomic E-state index is 13.1. The van der Waals surface area contributed by atoms with Gasteiger partial charge in [0.25, 0.3) is 0 Å². The van der Waals surface area contributed by atoms with Crippen LogP contribution in [0, 0.1) is 0 Å². The lowest BCUT2D eigenvalue weighted by Crippen LogP contribution is -2.47. The summed E-state index contributed by atoms with van der Waals surface area (Å²) in [6, 6.07) is 5.14. The second-order valence-corrected chi connectivity index (χ2v) is 7.98. The van der Waals surface area contributed by atoms with Crippen molar-refractivity contribution >= 4 is 5.91 Å². The van der Waals surface area contributed by atoms with Gasteiger partial charge in [-0.25, -0.2) is 4.98 Å². The van der Waals surface area contributed by atoms with Gasteiger partial charge in [0.05, 0.1) is 42.9 Å². The molecule has 2 aromatic rings. The first-order valence-electron chi connectivity index (χ1n) is 10.5. The molecular formula is C22H25F3N4O2. The molecular weight excluding hydrogens is 409 g/mol. The predicted molar refractivity (Wildman–Crippen MR) is 108 cm³/mol. The Labute approximate surface area is 179 Å². The normalized spacial score (nSPS) is 20.6. The van der Waals surface area contributed by atoms with E-state index in [0.717, 1.165) is 37.2 Å². The molecule has 1 atom stereocenters. The van der Waals surface area contributed by atoms with E-state index in [1.807, 2.05) is 4.90 Å². The first-order chi connectivity index (χ1) is 14.9. The number of benzene rings is 1. The third-order valence-electron chi connectivity index (χ3n) is 5.79. The van der Waals surface area contributed by atoms with Crippen LogP contribution in [0.4, 0.5) is 13.2 Å². The molecule has 0 saturated carbocycles. The first-order valence-corrected chi connectivity index (χ1v) is 10.5. The fourth-order valence-corrected chi connectivity index (χ4v) is 4.12. The number of piperidine rings is 1. The smallest absolute Gasteiger partial charge is 0.378 e. The van der Waals surface area contributed by atoms with Crippen molar-refractivity contribution < 1.29 is 22.7 Å². The topological polar surface area (TPSA) is 58.6 Å². The van der Waals surface area contributed by atoms with Gasteiger partial charge < -0.3 is 9.64 Å². The van der Waals surface area contributed by atoms with E-state index in [1.165, 1.54) is 12.3 Å². The monoisotopic (exact) mass is 434 g/mol. The number of alkyl halides is 3. The van der Waals surface area contributed by atoms with Gasteiger partial charge >= 0.3 is 6.18 Å². The van der Waals surface area contributed by atoms with Gasteiger partial charge in [-0.1, -0.05) is 12.1 Å². The summed E-state index contributed by atoms with van der Waals surface area (Å²) in [4.78, 5) is 25.4. The molecule has 2 fully saturated rings. The zero-order valence-corrected chi connectivity index (χ0v) is 17.1. The molecule has 2 saturated heterocycles. The SMILES string of the molecule is O=C(CN1CCC[C@H](c2cncc(-c3cccc(C(F)(F)F)c3)n2)C1)N1CCOCC1. The van der Waals surface area contributed by atoms with E-state index in [-0.39, 0.29) is 11.8 Å². The molecule has 1 aromatic carbocycles. The number of amides is 1. The Kier molecular flexibility index (Phi) is 6.52. The summed E-state index contributed by atoms with van der Waals surface area (Å²) in [5, 5.41) is 0. The maximum atomic E-state index is 13.1. The van der Waals surface area contributed by atoms with Gasteiger partial charge in [-0.15, -0.1) is 0 Å². The number of hydrogen-bond donors (Lipinski definition) is 0. The minimum Gasteiger partial charge on any atom is -0.378 e. The van der Waals surface area contributed by atoms with Crippen molar-refractivity contribution in [3.8, 4) is 11.3 Å². The van der Waals surface area contributed by atoms with Gasteiger partial charge in [-0.2, -0.15) is 13.2 Å². The van der Waals surface area contributed by atoms with Crippen molar-refractivity contribution in [2.45, 2.75) is 24.9 Å². The number of nitrogens with zero attached hydrogens (tertiary/aromatic N) is 4. The summed E-state index contributed by atoms with van der Waals surface area (Å²) in [7, 11) is 0. The Balaban J connectivity index is 1.45. The van der Waals surface area contributed by atoms with Crippen molar-refractivity contribution in [3.63, 3.8) is 0 Å². The molecule has 0 aliphatic carbocycles. The van der Waals surface area contributed by atoms with E-state index in [4.69, 9.17) is 4.74 Å². The molecule has 9 heteroatoms. The van der Waals surface area contributed by atoms with Gasteiger partial charge in [-0.3, -0.25) is 14.7 Å². The number of likely N-dealkylation sites (tertiary alicyclic amines) is 1. The Morgan fingerprint density at radius 3 is 2.74 bits per heavy atom. The molecule has 2 aliphatic heterocycles. The number of aromatic nitrogens is 2. The summed E-state index contributed by atoms with van der Waals surface area (Å²) < 4.78 is 44.5.